The van der Waals surface area contributed by atoms with Crippen molar-refractivity contribution >= 4 is 82.0 Å². The first-order valence-electron chi connectivity index (χ1n) is 17.7. The molecular weight excluding hydrogens is 1150 g/mol. The van der Waals surface area contributed by atoms with Crippen LogP contribution in [0.15, 0.2) is 34.1 Å². The zero-order valence-electron chi connectivity index (χ0n) is 32.1. The largest absolute Gasteiger partial charge is 0.480 e. The fourth-order valence-electron chi connectivity index (χ4n) is 4.42. The molecule has 0 saturated heterocycles. The van der Waals surface area contributed by atoms with E-state index >= 15 is 0 Å². The molecule has 0 radical (unpaired) electrons. The van der Waals surface area contributed by atoms with Crippen LogP contribution in [0.2, 0.25) is 0 Å². The monoisotopic (exact) mass is 1200 g/mol. The molecule has 1 aromatic carbocycles. The number of alkyl halides is 3. The van der Waals surface area contributed by atoms with Crippen molar-refractivity contribution in [2.24, 2.45) is 0 Å². The summed E-state index contributed by atoms with van der Waals surface area (Å²) in [7, 11) is -7.59. The minimum Gasteiger partial charge on any atom is -0.480 e. The number of hydrogen-bond acceptors (Lipinski definition) is 17. The first kappa shape index (κ1) is 54.3. The molecule has 0 bridgehead atoms. The zero-order chi connectivity index (χ0) is 43.6. The van der Waals surface area contributed by atoms with Crippen molar-refractivity contribution in [2.75, 3.05) is 131 Å². The van der Waals surface area contributed by atoms with Crippen molar-refractivity contribution < 1.29 is 89.5 Å². The first-order chi connectivity index (χ1) is 28.0. The molecule has 1 aromatic rings. The molecule has 21 nitrogen and oxygen atoms in total. The maximum Gasteiger partial charge on any atom is 0.410 e. The van der Waals surface area contributed by atoms with Gasteiger partial charge in [0.2, 0.25) is 23.1 Å². The maximum atomic E-state index is 12.8. The molecule has 348 valence electrons. The van der Waals surface area contributed by atoms with E-state index in [0.29, 0.717) is 5.56 Å². The Morgan fingerprint density at radius 3 is 1.82 bits per heavy atom. The first-order valence-corrected chi connectivity index (χ1v) is 22.3. The molecule has 60 heavy (non-hydrogen) atoms. The molecule has 0 saturated carbocycles. The number of carboxylic acids is 1. The number of carbonyl (C=O) groups excluding carboxylic acids is 3. The number of carboxylic acid groups (broad SMARTS) is 1. The van der Waals surface area contributed by atoms with Gasteiger partial charge in [0.05, 0.1) is 82.5 Å². The summed E-state index contributed by atoms with van der Waals surface area (Å²) in [6.07, 6.45) is -0.614. The Hall–Kier alpha value is -3.67. The number of hydrogen-bond donors (Lipinski definition) is 3. The van der Waals surface area contributed by atoms with Gasteiger partial charge in [0.25, 0.3) is 0 Å². The van der Waals surface area contributed by atoms with E-state index in [4.69, 9.17) is 82.5 Å². The van der Waals surface area contributed by atoms with Crippen LogP contribution in [0, 0.1) is 0 Å². The summed E-state index contributed by atoms with van der Waals surface area (Å²) in [6, 6.07) is 6.40. The molecule has 2 amide bonds. The number of fused-ring (bicyclic) bond motifs is 1. The Balaban J connectivity index is 0.0000180. The summed E-state index contributed by atoms with van der Waals surface area (Å²) >= 11 is 16.0. The Morgan fingerprint density at radius 1 is 0.733 bits per heavy atom. The van der Waals surface area contributed by atoms with E-state index in [1.54, 1.807) is 18.2 Å². The molecule has 1 aliphatic heterocycles. The van der Waals surface area contributed by atoms with Crippen molar-refractivity contribution in [3.63, 3.8) is 0 Å². The van der Waals surface area contributed by atoms with E-state index < -0.39 is 77.6 Å². The fourth-order valence-corrected chi connectivity index (χ4v) is 7.01. The third kappa shape index (κ3) is 24.6. The summed E-state index contributed by atoms with van der Waals surface area (Å²) in [5.74, 6) is -2.33. The number of ether oxygens (including phenoxy) is 10. The predicted octanol–water partition coefficient (Wildman–Crippen LogP) is 1.64. The third-order valence-electron chi connectivity index (χ3n) is 7.08. The van der Waals surface area contributed by atoms with Gasteiger partial charge in [-0.05, 0) is 52.5 Å². The van der Waals surface area contributed by atoms with Gasteiger partial charge >= 0.3 is 22.0 Å². The Bertz CT molecular complexity index is 1660. The van der Waals surface area contributed by atoms with Crippen molar-refractivity contribution in [2.45, 2.75) is 8.87 Å². The molecule has 0 spiro atoms. The number of nitrogens with zero attached hydrogens (tertiary/aromatic N) is 1. The number of aliphatic carboxylic acids is 1. The van der Waals surface area contributed by atoms with Gasteiger partial charge in [0, 0.05) is 19.6 Å². The predicted molar refractivity (Wildman–Crippen MR) is 208 cm³/mol. The number of halogens is 3. The summed E-state index contributed by atoms with van der Waals surface area (Å²) in [5, 5.41) is 10.9. The second-order valence-electron chi connectivity index (χ2n) is 11.8. The van der Waals surface area contributed by atoms with Gasteiger partial charge in [0.1, 0.15) is 39.1 Å². The second kappa shape index (κ2) is 29.6. The molecule has 0 aromatic heterocycles. The summed E-state index contributed by atoms with van der Waals surface area (Å²) in [4.78, 5) is 58.4. The van der Waals surface area contributed by atoms with E-state index in [2.05, 4.69) is 10.1 Å². The van der Waals surface area contributed by atoms with Gasteiger partial charge in [-0.15, -0.1) is 0 Å². The van der Waals surface area contributed by atoms with Gasteiger partial charge in [-0.25, -0.2) is 22.8 Å². The second-order valence-corrected chi connectivity index (χ2v) is 18.1. The standard InChI is InChI=1S/C33H48Cl3N2O19PS.Fm/c34-33(35,36)57-32(43)37-5-8-48-11-12-49-9-6-38(7-10-50-13-14-52-22-30(40)41)29(39)21-51-15-17-54-24-58(44,45)25-55-18-16-53-23-31(42)56-20-27-19-26-3-1-2-4-28(26)59(27,46)47;/h1-4,19H,5-18,20-25H2,(H,37,43)(H,40,41)(H,44,45);. The number of benzene rings is 1. The smallest absolute Gasteiger partial charge is 0.410 e. The Morgan fingerprint density at radius 2 is 1.25 bits per heavy atom. The number of carbonyl (C=O) groups is 4. The fraction of sp³-hybridized carbons (Fsp3) is 0.636. The van der Waals surface area contributed by atoms with Crippen LogP contribution in [-0.2, 0) is 76.2 Å². The average molecular weight is 1200 g/mol. The van der Waals surface area contributed by atoms with E-state index in [0.717, 1.165) is 0 Å². The molecule has 0 fully saturated rings. The normalized spacial score (nSPS) is 14.0. The molecule has 27 heteroatoms. The Labute approximate surface area is 355 Å². The molecular formula is C33H48Cl3FmN2O19PS. The van der Waals surface area contributed by atoms with Gasteiger partial charge in [0.15, 0.2) is 0 Å². The number of esters is 1. The van der Waals surface area contributed by atoms with Gasteiger partial charge in [-0.1, -0.05) is 18.2 Å². The van der Waals surface area contributed by atoms with Crippen molar-refractivity contribution in [3.8, 4) is 0 Å². The van der Waals surface area contributed by atoms with Crippen LogP contribution in [0.5, 0.6) is 0 Å². The third-order valence-corrected chi connectivity index (χ3v) is 10.4. The number of nitrogens with one attached hydrogen (secondary N) is 1. The number of rotatable bonds is 33. The summed E-state index contributed by atoms with van der Waals surface area (Å²) in [5.41, 5.74) is 0.513. The molecule has 1 atom stereocenters. The van der Waals surface area contributed by atoms with Gasteiger partial charge in [-0.2, -0.15) is 0 Å². The van der Waals surface area contributed by atoms with Crippen LogP contribution in [0.25, 0.3) is 6.08 Å². The quantitative estimate of drug-likeness (QED) is 0.0391. The van der Waals surface area contributed by atoms with Gasteiger partial charge in [-0.3, -0.25) is 9.36 Å². The van der Waals surface area contributed by atoms with Crippen LogP contribution in [0.4, 0.5) is 4.79 Å². The minimum atomic E-state index is -3.86. The topological polar surface area (TPSA) is 268 Å². The van der Waals surface area contributed by atoms with Crippen LogP contribution in [0.1, 0.15) is 5.56 Å². The van der Waals surface area contributed by atoms with Crippen LogP contribution < -0.4 is 5.32 Å². The SMILES string of the molecule is O=C(O)COCCOCCN(CCOCCOCCNC(=O)OC(Cl)(Cl)Cl)C(=O)COCCOCP(=O)(O)COCCOCC(=O)OCC1=Cc2ccccc2S1(=O)=O.[Fm]. The van der Waals surface area contributed by atoms with E-state index in [9.17, 15) is 37.1 Å². The van der Waals surface area contributed by atoms with Crippen molar-refractivity contribution in [3.05, 3.63) is 34.7 Å². The van der Waals surface area contributed by atoms with Crippen LogP contribution in [-0.4, -0.2) is 183 Å². The number of amides is 2. The van der Waals surface area contributed by atoms with E-state index in [1.807, 2.05) is 0 Å². The van der Waals surface area contributed by atoms with Crippen LogP contribution in [0.3, 0.4) is 0 Å². The molecule has 0 aliphatic carbocycles. The molecule has 2 rings (SSSR count). The van der Waals surface area contributed by atoms with Crippen molar-refractivity contribution in [1.82, 2.24) is 10.2 Å². The maximum absolute atomic E-state index is 12.8. The zero-order valence-corrected chi connectivity index (χ0v) is 38.5. The van der Waals surface area contributed by atoms with Gasteiger partial charge < -0.3 is 67.6 Å². The summed E-state index contributed by atoms with van der Waals surface area (Å²) in [6.45, 7) is -0.953. The van der Waals surface area contributed by atoms with Crippen molar-refractivity contribution in [1.29, 1.82) is 0 Å². The number of sulfone groups is 1. The van der Waals surface area contributed by atoms with E-state index in [1.165, 1.54) is 17.0 Å². The molecule has 1 heterocycles. The summed E-state index contributed by atoms with van der Waals surface area (Å²) < 4.78 is 86.7. The van der Waals surface area contributed by atoms with Crippen LogP contribution >= 0.6 is 42.2 Å². The average Bonchev–Trinajstić information content (AvgIpc) is 3.42. The molecule has 3 N–H and O–H groups in total. The Kier molecular flexibility index (Phi) is 26.8. The number of alkyl carbamates (subject to hydrolysis) is 1. The minimum absolute atomic E-state index is 0. The van der Waals surface area contributed by atoms with E-state index in [-0.39, 0.29) is 109 Å². The molecule has 1 aliphatic rings. The molecule has 1 unspecified atom stereocenters.